The first kappa shape index (κ1) is 19.7. The number of benzene rings is 1. The largest absolute Gasteiger partial charge is 0.465 e. The lowest BCUT2D eigenvalue weighted by molar-refractivity contribution is 0.0600. The summed E-state index contributed by atoms with van der Waals surface area (Å²) >= 11 is 0. The second-order valence-electron chi connectivity index (χ2n) is 7.45. The summed E-state index contributed by atoms with van der Waals surface area (Å²) in [7, 11) is 1.39. The van der Waals surface area contributed by atoms with Crippen molar-refractivity contribution in [2.45, 2.75) is 57.7 Å². The monoisotopic (exact) mass is 372 g/mol. The molecule has 1 aliphatic heterocycles. The van der Waals surface area contributed by atoms with Gasteiger partial charge in [-0.3, -0.25) is 4.90 Å². The molecular formula is C21H32N4O2. The van der Waals surface area contributed by atoms with Gasteiger partial charge < -0.3 is 15.4 Å². The summed E-state index contributed by atoms with van der Waals surface area (Å²) < 4.78 is 4.74. The third-order valence-electron chi connectivity index (χ3n) is 5.54. The van der Waals surface area contributed by atoms with Crippen LogP contribution in [0.1, 0.15) is 54.9 Å². The second-order valence-corrected chi connectivity index (χ2v) is 7.45. The van der Waals surface area contributed by atoms with E-state index in [-0.39, 0.29) is 5.97 Å². The predicted molar refractivity (Wildman–Crippen MR) is 108 cm³/mol. The van der Waals surface area contributed by atoms with Crippen molar-refractivity contribution >= 4 is 11.9 Å². The van der Waals surface area contributed by atoms with E-state index in [1.54, 1.807) is 12.1 Å². The highest BCUT2D eigenvalue weighted by molar-refractivity contribution is 5.89. The van der Waals surface area contributed by atoms with Crippen LogP contribution in [0, 0.1) is 0 Å². The number of methoxy groups -OCH3 is 1. The molecule has 2 N–H and O–H groups in total. The number of nitrogens with zero attached hydrogens (tertiary/aromatic N) is 2. The van der Waals surface area contributed by atoms with Crippen LogP contribution in [-0.2, 0) is 11.3 Å². The van der Waals surface area contributed by atoms with Crippen molar-refractivity contribution in [1.29, 1.82) is 0 Å². The Labute approximate surface area is 162 Å². The number of carbonyl (C=O) groups is 1. The summed E-state index contributed by atoms with van der Waals surface area (Å²) in [6.07, 6.45) is 6.68. The minimum Gasteiger partial charge on any atom is -0.465 e. The zero-order valence-electron chi connectivity index (χ0n) is 16.5. The summed E-state index contributed by atoms with van der Waals surface area (Å²) in [6.45, 7) is 5.81. The van der Waals surface area contributed by atoms with Crippen LogP contribution in [0.5, 0.6) is 0 Å². The van der Waals surface area contributed by atoms with Gasteiger partial charge in [0.05, 0.1) is 19.2 Å². The van der Waals surface area contributed by atoms with Gasteiger partial charge in [0.1, 0.15) is 0 Å². The molecule has 148 valence electrons. The molecule has 2 aliphatic rings. The second kappa shape index (κ2) is 9.74. The number of likely N-dealkylation sites (tertiary alicyclic amines) is 1. The maximum Gasteiger partial charge on any atom is 0.337 e. The first-order chi connectivity index (χ1) is 13.2. The molecule has 0 aromatic heterocycles. The maximum absolute atomic E-state index is 11.5. The minimum absolute atomic E-state index is 0.312. The van der Waals surface area contributed by atoms with Crippen molar-refractivity contribution in [2.24, 2.45) is 4.99 Å². The normalized spacial score (nSPS) is 21.4. The molecule has 1 unspecified atom stereocenters. The van der Waals surface area contributed by atoms with E-state index in [2.05, 4.69) is 22.5 Å². The first-order valence-corrected chi connectivity index (χ1v) is 10.2. The fourth-order valence-corrected chi connectivity index (χ4v) is 4.05. The molecular weight excluding hydrogens is 340 g/mol. The number of ether oxygens (including phenoxy) is 1. The quantitative estimate of drug-likeness (QED) is 0.456. The molecule has 1 saturated heterocycles. The van der Waals surface area contributed by atoms with Crippen molar-refractivity contribution in [2.75, 3.05) is 26.7 Å². The molecule has 6 nitrogen and oxygen atoms in total. The van der Waals surface area contributed by atoms with Crippen molar-refractivity contribution in [1.82, 2.24) is 15.5 Å². The Morgan fingerprint density at radius 1 is 1.22 bits per heavy atom. The molecule has 1 aromatic carbocycles. The van der Waals surface area contributed by atoms with Gasteiger partial charge in [0, 0.05) is 31.7 Å². The topological polar surface area (TPSA) is 66.0 Å². The molecule has 27 heavy (non-hydrogen) atoms. The number of guanidine groups is 1. The summed E-state index contributed by atoms with van der Waals surface area (Å²) in [6, 6.07) is 8.68. The van der Waals surface area contributed by atoms with Crippen molar-refractivity contribution in [3.63, 3.8) is 0 Å². The Kier molecular flexibility index (Phi) is 7.10. The Bertz CT molecular complexity index is 638. The van der Waals surface area contributed by atoms with E-state index < -0.39 is 0 Å². The van der Waals surface area contributed by atoms with E-state index in [0.29, 0.717) is 18.2 Å². The van der Waals surface area contributed by atoms with E-state index in [1.807, 2.05) is 12.1 Å². The number of hydrogen-bond donors (Lipinski definition) is 2. The van der Waals surface area contributed by atoms with E-state index in [9.17, 15) is 4.79 Å². The van der Waals surface area contributed by atoms with Crippen LogP contribution in [0.25, 0.3) is 0 Å². The number of hydrogen-bond acceptors (Lipinski definition) is 4. The van der Waals surface area contributed by atoms with Crippen LogP contribution >= 0.6 is 0 Å². The summed E-state index contributed by atoms with van der Waals surface area (Å²) in [5.74, 6) is 0.556. The molecule has 6 heteroatoms. The summed E-state index contributed by atoms with van der Waals surface area (Å²) in [4.78, 5) is 18.9. The molecule has 1 heterocycles. The molecule has 1 aliphatic carbocycles. The van der Waals surface area contributed by atoms with Crippen LogP contribution in [0.3, 0.4) is 0 Å². The molecule has 0 bridgehead atoms. The molecule has 1 atom stereocenters. The van der Waals surface area contributed by atoms with Gasteiger partial charge in [-0.2, -0.15) is 0 Å². The Morgan fingerprint density at radius 3 is 2.63 bits per heavy atom. The van der Waals surface area contributed by atoms with E-state index in [0.717, 1.165) is 30.7 Å². The van der Waals surface area contributed by atoms with Crippen molar-refractivity contribution in [3.8, 4) is 0 Å². The third kappa shape index (κ3) is 5.45. The number of rotatable bonds is 6. The molecule has 0 spiro atoms. The lowest BCUT2D eigenvalue weighted by Gasteiger charge is -2.24. The standard InChI is InChI=1S/C21H32N4O2/c1-3-22-21(23-14-16-8-10-17(11-9-16)20(26)27-2)24-18-12-13-25(15-18)19-6-4-5-7-19/h8-11,18-19H,3-7,12-15H2,1-2H3,(H2,22,23,24). The van der Waals surface area contributed by atoms with Crippen LogP contribution in [0.2, 0.25) is 0 Å². The van der Waals surface area contributed by atoms with Gasteiger partial charge in [0.2, 0.25) is 0 Å². The van der Waals surface area contributed by atoms with Gasteiger partial charge in [-0.1, -0.05) is 25.0 Å². The fraction of sp³-hybridized carbons (Fsp3) is 0.619. The third-order valence-corrected chi connectivity index (χ3v) is 5.54. The Hall–Kier alpha value is -2.08. The molecule has 0 amide bonds. The highest BCUT2D eigenvalue weighted by atomic mass is 16.5. The number of nitrogens with one attached hydrogen (secondary N) is 2. The maximum atomic E-state index is 11.5. The van der Waals surface area contributed by atoms with Crippen LogP contribution in [0.15, 0.2) is 29.3 Å². The highest BCUT2D eigenvalue weighted by Crippen LogP contribution is 2.26. The number of carbonyl (C=O) groups excluding carboxylic acids is 1. The van der Waals surface area contributed by atoms with Gasteiger partial charge >= 0.3 is 5.97 Å². The zero-order chi connectivity index (χ0) is 19.1. The van der Waals surface area contributed by atoms with Crippen LogP contribution in [-0.4, -0.2) is 55.7 Å². The van der Waals surface area contributed by atoms with Gasteiger partial charge in [0.25, 0.3) is 0 Å². The average Bonchev–Trinajstić information content (AvgIpc) is 3.38. The number of esters is 1. The van der Waals surface area contributed by atoms with Gasteiger partial charge in [-0.25, -0.2) is 9.79 Å². The van der Waals surface area contributed by atoms with E-state index >= 15 is 0 Å². The first-order valence-electron chi connectivity index (χ1n) is 10.2. The van der Waals surface area contributed by atoms with Crippen LogP contribution in [0.4, 0.5) is 0 Å². The fourth-order valence-electron chi connectivity index (χ4n) is 4.05. The molecule has 1 saturated carbocycles. The van der Waals surface area contributed by atoms with E-state index in [4.69, 9.17) is 9.73 Å². The number of aliphatic imine (C=N–C) groups is 1. The SMILES string of the molecule is CCNC(=NCc1ccc(C(=O)OC)cc1)NC1CCN(C2CCCC2)C1. The minimum atomic E-state index is -0.312. The van der Waals surface area contributed by atoms with Crippen LogP contribution < -0.4 is 10.6 Å². The molecule has 2 fully saturated rings. The lowest BCUT2D eigenvalue weighted by atomic mass is 10.1. The zero-order valence-corrected chi connectivity index (χ0v) is 16.5. The Balaban J connectivity index is 1.54. The smallest absolute Gasteiger partial charge is 0.337 e. The van der Waals surface area contributed by atoms with E-state index in [1.165, 1.54) is 45.8 Å². The molecule has 1 aromatic rings. The summed E-state index contributed by atoms with van der Waals surface area (Å²) in [5, 5.41) is 6.95. The Morgan fingerprint density at radius 2 is 1.96 bits per heavy atom. The predicted octanol–water partition coefficient (Wildman–Crippen LogP) is 2.55. The highest BCUT2D eigenvalue weighted by Gasteiger charge is 2.30. The lowest BCUT2D eigenvalue weighted by Crippen LogP contribution is -2.45. The molecule has 3 rings (SSSR count). The summed E-state index contributed by atoms with van der Waals surface area (Å²) in [5.41, 5.74) is 1.63. The average molecular weight is 373 g/mol. The van der Waals surface area contributed by atoms with Gasteiger partial charge in [-0.05, 0) is 43.9 Å². The van der Waals surface area contributed by atoms with Crippen molar-refractivity contribution in [3.05, 3.63) is 35.4 Å². The van der Waals surface area contributed by atoms with Gasteiger partial charge in [0.15, 0.2) is 5.96 Å². The van der Waals surface area contributed by atoms with Gasteiger partial charge in [-0.15, -0.1) is 0 Å². The molecule has 0 radical (unpaired) electrons. The van der Waals surface area contributed by atoms with Crippen molar-refractivity contribution < 1.29 is 9.53 Å².